The first-order valence-corrected chi connectivity index (χ1v) is 12.0. The molecule has 0 aliphatic carbocycles. The van der Waals surface area contributed by atoms with Crippen LogP contribution >= 0.6 is 0 Å². The second kappa shape index (κ2) is 8.45. The number of nitrogens with zero attached hydrogens (tertiary/aromatic N) is 3. The van der Waals surface area contributed by atoms with Gasteiger partial charge in [0, 0.05) is 54.7 Å². The number of rotatable bonds is 4. The highest BCUT2D eigenvalue weighted by Crippen LogP contribution is 2.34. The van der Waals surface area contributed by atoms with Crippen molar-refractivity contribution in [1.82, 2.24) is 10.3 Å². The quantitative estimate of drug-likeness (QED) is 0.230. The summed E-state index contributed by atoms with van der Waals surface area (Å²) in [5.74, 6) is 0. The van der Waals surface area contributed by atoms with Gasteiger partial charge in [-0.1, -0.05) is 48.5 Å². The Morgan fingerprint density at radius 1 is 0.818 bits per heavy atom. The Balaban J connectivity index is 1.75. The first-order chi connectivity index (χ1) is 16.3. The van der Waals surface area contributed by atoms with E-state index in [-0.39, 0.29) is 0 Å². The number of anilines is 1. The molecule has 1 aliphatic heterocycles. The molecule has 5 aromatic rings. The van der Waals surface area contributed by atoms with Crippen LogP contribution in [0, 0.1) is 0 Å². The van der Waals surface area contributed by atoms with E-state index < -0.39 is 0 Å². The molecule has 0 bridgehead atoms. The van der Waals surface area contributed by atoms with Crippen molar-refractivity contribution in [2.24, 2.45) is 0 Å². The lowest BCUT2D eigenvalue weighted by Gasteiger charge is -2.30. The van der Waals surface area contributed by atoms with E-state index in [0.29, 0.717) is 0 Å². The number of piperidine rings is 1. The van der Waals surface area contributed by atoms with E-state index in [1.165, 1.54) is 41.3 Å². The molecule has 1 fully saturated rings. The molecular formula is C29H29N4+. The Morgan fingerprint density at radius 2 is 1.58 bits per heavy atom. The van der Waals surface area contributed by atoms with Crippen LogP contribution in [0.1, 0.15) is 24.8 Å². The maximum absolute atomic E-state index is 5.22. The molecule has 0 unspecified atom stereocenters. The number of para-hydroxylation sites is 1. The van der Waals surface area contributed by atoms with Gasteiger partial charge in [-0.3, -0.25) is 0 Å². The first kappa shape index (κ1) is 20.1. The SMILES string of the molecule is CNCc1ccc2nc3c4ccccc4c(N4CCCCC4)cc3[n+](-c3ccccc3)c2c1. The van der Waals surface area contributed by atoms with Crippen molar-refractivity contribution >= 4 is 38.5 Å². The van der Waals surface area contributed by atoms with Crippen LogP contribution in [-0.4, -0.2) is 25.1 Å². The van der Waals surface area contributed by atoms with E-state index in [4.69, 9.17) is 4.98 Å². The van der Waals surface area contributed by atoms with E-state index in [9.17, 15) is 0 Å². The molecule has 0 amide bonds. The smallest absolute Gasteiger partial charge is 0.240 e. The molecule has 164 valence electrons. The van der Waals surface area contributed by atoms with Crippen molar-refractivity contribution in [3.05, 3.63) is 84.4 Å². The second-order valence-electron chi connectivity index (χ2n) is 8.99. The Bertz CT molecular complexity index is 1450. The standard InChI is InChI=1S/C29H29N4/c1-30-20-21-14-15-25-27(18-21)33(22-10-4-2-5-11-22)28-19-26(32-16-8-3-9-17-32)23-12-6-7-13-24(23)29(28)31-25/h2,4-7,10-15,18-19,30H,3,8-9,16-17,20H2,1H3/q+1. The minimum atomic E-state index is 0.833. The number of hydrogen-bond donors (Lipinski definition) is 1. The third-order valence-electron chi connectivity index (χ3n) is 6.82. The van der Waals surface area contributed by atoms with Gasteiger partial charge in [-0.15, -0.1) is 4.57 Å². The molecule has 2 heterocycles. The molecule has 1 aromatic heterocycles. The lowest BCUT2D eigenvalue weighted by Crippen LogP contribution is -2.34. The summed E-state index contributed by atoms with van der Waals surface area (Å²) in [7, 11) is 1.99. The molecule has 0 atom stereocenters. The maximum atomic E-state index is 5.22. The maximum Gasteiger partial charge on any atom is 0.240 e. The number of aromatic nitrogens is 2. The number of nitrogens with one attached hydrogen (secondary N) is 1. The van der Waals surface area contributed by atoms with Gasteiger partial charge in [-0.05, 0) is 37.9 Å². The summed E-state index contributed by atoms with van der Waals surface area (Å²) < 4.78 is 2.40. The van der Waals surface area contributed by atoms with Gasteiger partial charge >= 0.3 is 0 Å². The van der Waals surface area contributed by atoms with Crippen molar-refractivity contribution in [2.45, 2.75) is 25.8 Å². The molecule has 4 aromatic carbocycles. The highest BCUT2D eigenvalue weighted by atomic mass is 15.1. The molecule has 0 saturated carbocycles. The van der Waals surface area contributed by atoms with Crippen LogP contribution in [0.4, 0.5) is 5.69 Å². The first-order valence-electron chi connectivity index (χ1n) is 12.0. The normalized spacial score (nSPS) is 14.4. The predicted molar refractivity (Wildman–Crippen MR) is 137 cm³/mol. The Kier molecular flexibility index (Phi) is 5.16. The van der Waals surface area contributed by atoms with Crippen LogP contribution in [0.15, 0.2) is 78.9 Å². The van der Waals surface area contributed by atoms with E-state index in [1.807, 2.05) is 7.05 Å². The van der Waals surface area contributed by atoms with E-state index in [2.05, 4.69) is 93.6 Å². The summed E-state index contributed by atoms with van der Waals surface area (Å²) in [6.45, 7) is 3.07. The average Bonchev–Trinajstić information content (AvgIpc) is 2.88. The van der Waals surface area contributed by atoms with Crippen molar-refractivity contribution in [3.8, 4) is 5.69 Å². The lowest BCUT2D eigenvalue weighted by molar-refractivity contribution is -0.538. The number of benzene rings is 4. The molecule has 0 radical (unpaired) electrons. The van der Waals surface area contributed by atoms with Gasteiger partial charge in [0.2, 0.25) is 16.7 Å². The van der Waals surface area contributed by atoms with Gasteiger partial charge in [0.05, 0.1) is 5.69 Å². The fraction of sp³-hybridized carbons (Fsp3) is 0.241. The number of hydrogen-bond acceptors (Lipinski definition) is 3. The average molecular weight is 434 g/mol. The number of fused-ring (bicyclic) bond motifs is 4. The summed E-state index contributed by atoms with van der Waals surface area (Å²) in [5, 5.41) is 5.81. The van der Waals surface area contributed by atoms with Crippen LogP contribution in [0.5, 0.6) is 0 Å². The van der Waals surface area contributed by atoms with Gasteiger partial charge in [-0.2, -0.15) is 0 Å². The van der Waals surface area contributed by atoms with Crippen molar-refractivity contribution in [3.63, 3.8) is 0 Å². The summed E-state index contributed by atoms with van der Waals surface area (Å²) in [6, 6.07) is 28.5. The molecule has 1 aliphatic rings. The fourth-order valence-corrected chi connectivity index (χ4v) is 5.27. The third kappa shape index (κ3) is 3.51. The zero-order chi connectivity index (χ0) is 22.2. The summed E-state index contributed by atoms with van der Waals surface area (Å²) in [4.78, 5) is 7.79. The molecule has 1 N–H and O–H groups in total. The van der Waals surface area contributed by atoms with Crippen LogP contribution < -0.4 is 14.8 Å². The third-order valence-corrected chi connectivity index (χ3v) is 6.82. The van der Waals surface area contributed by atoms with E-state index in [1.54, 1.807) is 0 Å². The van der Waals surface area contributed by atoms with Gasteiger partial charge < -0.3 is 10.2 Å². The lowest BCUT2D eigenvalue weighted by atomic mass is 10.0. The Morgan fingerprint density at radius 3 is 2.36 bits per heavy atom. The Hall–Kier alpha value is -3.50. The molecule has 4 nitrogen and oxygen atoms in total. The van der Waals surface area contributed by atoms with E-state index in [0.717, 1.165) is 47.4 Å². The monoisotopic (exact) mass is 433 g/mol. The van der Waals surface area contributed by atoms with Gasteiger partial charge in [0.1, 0.15) is 11.0 Å². The summed E-state index contributed by atoms with van der Waals surface area (Å²) in [5.41, 5.74) is 8.13. The van der Waals surface area contributed by atoms with Gasteiger partial charge in [0.25, 0.3) is 0 Å². The second-order valence-corrected chi connectivity index (χ2v) is 8.99. The summed E-state index contributed by atoms with van der Waals surface area (Å²) >= 11 is 0. The zero-order valence-corrected chi connectivity index (χ0v) is 19.1. The molecule has 6 rings (SSSR count). The molecule has 33 heavy (non-hydrogen) atoms. The van der Waals surface area contributed by atoms with Crippen LogP contribution in [0.3, 0.4) is 0 Å². The molecular weight excluding hydrogens is 404 g/mol. The predicted octanol–water partition coefficient (Wildman–Crippen LogP) is 5.53. The topological polar surface area (TPSA) is 32.0 Å². The minimum absolute atomic E-state index is 0.833. The highest BCUT2D eigenvalue weighted by Gasteiger charge is 2.24. The van der Waals surface area contributed by atoms with Gasteiger partial charge in [-0.25, -0.2) is 4.98 Å². The highest BCUT2D eigenvalue weighted by molar-refractivity contribution is 6.10. The summed E-state index contributed by atoms with van der Waals surface area (Å²) in [6.07, 6.45) is 3.84. The molecule has 1 saturated heterocycles. The van der Waals surface area contributed by atoms with Crippen molar-refractivity contribution in [2.75, 3.05) is 25.0 Å². The van der Waals surface area contributed by atoms with Crippen LogP contribution in [-0.2, 0) is 6.54 Å². The van der Waals surface area contributed by atoms with Crippen LogP contribution in [0.2, 0.25) is 0 Å². The van der Waals surface area contributed by atoms with Crippen molar-refractivity contribution < 1.29 is 4.57 Å². The van der Waals surface area contributed by atoms with Crippen LogP contribution in [0.25, 0.3) is 38.5 Å². The van der Waals surface area contributed by atoms with E-state index >= 15 is 0 Å². The minimum Gasteiger partial charge on any atom is -0.371 e. The van der Waals surface area contributed by atoms with Crippen molar-refractivity contribution in [1.29, 1.82) is 0 Å². The molecule has 0 spiro atoms. The Labute approximate surface area is 194 Å². The largest absolute Gasteiger partial charge is 0.371 e. The zero-order valence-electron chi connectivity index (χ0n) is 19.1. The fourth-order valence-electron chi connectivity index (χ4n) is 5.27. The molecule has 4 heteroatoms. The van der Waals surface area contributed by atoms with Gasteiger partial charge in [0.15, 0.2) is 0 Å².